The van der Waals surface area contributed by atoms with E-state index in [1.807, 2.05) is 12.1 Å². The summed E-state index contributed by atoms with van der Waals surface area (Å²) in [7, 11) is 0. The Bertz CT molecular complexity index is 479. The van der Waals surface area contributed by atoms with Crippen LogP contribution in [0.1, 0.15) is 11.3 Å². The maximum Gasteiger partial charge on any atom is 0.0995 e. The van der Waals surface area contributed by atoms with E-state index in [-0.39, 0.29) is 6.61 Å². The number of terminal acetylenes is 1. The van der Waals surface area contributed by atoms with Gasteiger partial charge in [0.05, 0.1) is 30.3 Å². The molecule has 2 rings (SSSR count). The molecule has 0 atom stereocenters. The summed E-state index contributed by atoms with van der Waals surface area (Å²) in [6.07, 6.45) is 8.65. The quantitative estimate of drug-likeness (QED) is 0.646. The zero-order valence-electron chi connectivity index (χ0n) is 6.94. The predicted octanol–water partition coefficient (Wildman–Crippen LogP) is 0.808. The lowest BCUT2D eigenvalue weighted by Crippen LogP contribution is -1.98. The van der Waals surface area contributed by atoms with Crippen LogP contribution in [0.3, 0.4) is 0 Å². The molecule has 64 valence electrons. The van der Waals surface area contributed by atoms with Gasteiger partial charge < -0.3 is 5.11 Å². The predicted molar refractivity (Wildman–Crippen MR) is 49.0 cm³/mol. The van der Waals surface area contributed by atoms with Gasteiger partial charge in [0.25, 0.3) is 0 Å². The number of hydrogen-bond acceptors (Lipinski definition) is 2. The van der Waals surface area contributed by atoms with Crippen LogP contribution in [-0.2, 0) is 6.61 Å². The van der Waals surface area contributed by atoms with Gasteiger partial charge in [0.1, 0.15) is 0 Å². The van der Waals surface area contributed by atoms with Crippen LogP contribution in [0, 0.1) is 12.3 Å². The van der Waals surface area contributed by atoms with Gasteiger partial charge in [-0.05, 0) is 12.1 Å². The first-order chi connectivity index (χ1) is 6.36. The highest BCUT2D eigenvalue weighted by molar-refractivity contribution is 5.51. The van der Waals surface area contributed by atoms with Crippen LogP contribution < -0.4 is 0 Å². The van der Waals surface area contributed by atoms with Gasteiger partial charge in [0.15, 0.2) is 0 Å². The SMILES string of the molecule is C#Cc1ccc2cncn2c1CO. The number of rotatable bonds is 1. The second-order valence-corrected chi connectivity index (χ2v) is 2.68. The van der Waals surface area contributed by atoms with Crippen LogP contribution >= 0.6 is 0 Å². The summed E-state index contributed by atoms with van der Waals surface area (Å²) in [5.41, 5.74) is 2.34. The van der Waals surface area contributed by atoms with Crippen LogP contribution in [0.5, 0.6) is 0 Å². The first-order valence-corrected chi connectivity index (χ1v) is 3.88. The molecule has 0 fully saturated rings. The normalized spacial score (nSPS) is 10.2. The number of hydrogen-bond donors (Lipinski definition) is 1. The molecule has 0 aliphatic rings. The van der Waals surface area contributed by atoms with Crippen molar-refractivity contribution < 1.29 is 5.11 Å². The van der Waals surface area contributed by atoms with Crippen molar-refractivity contribution in [2.75, 3.05) is 0 Å². The highest BCUT2D eigenvalue weighted by Crippen LogP contribution is 2.11. The van der Waals surface area contributed by atoms with Gasteiger partial charge in [-0.25, -0.2) is 4.98 Å². The van der Waals surface area contributed by atoms with E-state index in [1.165, 1.54) is 0 Å². The van der Waals surface area contributed by atoms with E-state index < -0.39 is 0 Å². The fraction of sp³-hybridized carbons (Fsp3) is 0.100. The topological polar surface area (TPSA) is 37.5 Å². The van der Waals surface area contributed by atoms with Crippen molar-refractivity contribution in [2.45, 2.75) is 6.61 Å². The number of aliphatic hydroxyl groups excluding tert-OH is 1. The second kappa shape index (κ2) is 2.92. The number of pyridine rings is 1. The van der Waals surface area contributed by atoms with Gasteiger partial charge in [-0.15, -0.1) is 6.42 Å². The molecule has 13 heavy (non-hydrogen) atoms. The molecule has 0 unspecified atom stereocenters. The molecule has 0 amide bonds. The molecule has 3 heteroatoms. The highest BCUT2D eigenvalue weighted by Gasteiger charge is 2.03. The number of nitrogens with zero attached hydrogens (tertiary/aromatic N) is 2. The van der Waals surface area contributed by atoms with Crippen molar-refractivity contribution in [3.8, 4) is 12.3 Å². The van der Waals surface area contributed by atoms with Crippen LogP contribution in [0.15, 0.2) is 24.7 Å². The molecule has 0 radical (unpaired) electrons. The maximum atomic E-state index is 9.12. The Hall–Kier alpha value is -1.79. The fourth-order valence-electron chi connectivity index (χ4n) is 1.34. The van der Waals surface area contributed by atoms with E-state index in [1.54, 1.807) is 16.9 Å². The molecular formula is C10H8N2O. The summed E-state index contributed by atoms with van der Waals surface area (Å²) in [6, 6.07) is 3.68. The lowest BCUT2D eigenvalue weighted by molar-refractivity contribution is 0.275. The molecule has 0 aliphatic heterocycles. The first-order valence-electron chi connectivity index (χ1n) is 3.88. The highest BCUT2D eigenvalue weighted by atomic mass is 16.3. The molecule has 0 saturated heterocycles. The van der Waals surface area contributed by atoms with E-state index >= 15 is 0 Å². The summed E-state index contributed by atoms with van der Waals surface area (Å²) in [5.74, 6) is 2.52. The molecule has 3 nitrogen and oxygen atoms in total. The second-order valence-electron chi connectivity index (χ2n) is 2.68. The van der Waals surface area contributed by atoms with Crippen molar-refractivity contribution in [1.29, 1.82) is 0 Å². The average Bonchev–Trinajstić information content (AvgIpc) is 2.63. The zero-order chi connectivity index (χ0) is 9.26. The number of aromatic nitrogens is 2. The summed E-state index contributed by atoms with van der Waals surface area (Å²) in [6.45, 7) is -0.0762. The third-order valence-corrected chi connectivity index (χ3v) is 1.99. The molecular weight excluding hydrogens is 164 g/mol. The van der Waals surface area contributed by atoms with Crippen molar-refractivity contribution in [1.82, 2.24) is 9.38 Å². The Morgan fingerprint density at radius 2 is 2.38 bits per heavy atom. The zero-order valence-corrected chi connectivity index (χ0v) is 6.94. The molecule has 0 aromatic carbocycles. The number of imidazole rings is 1. The van der Waals surface area contributed by atoms with Crippen LogP contribution in [0.2, 0.25) is 0 Å². The summed E-state index contributed by atoms with van der Waals surface area (Å²) < 4.78 is 1.79. The Balaban J connectivity index is 2.84. The van der Waals surface area contributed by atoms with Gasteiger partial charge in [0, 0.05) is 5.56 Å². The van der Waals surface area contributed by atoms with E-state index in [2.05, 4.69) is 10.9 Å². The van der Waals surface area contributed by atoms with Gasteiger partial charge in [0.2, 0.25) is 0 Å². The summed E-state index contributed by atoms with van der Waals surface area (Å²) in [4.78, 5) is 3.97. The van der Waals surface area contributed by atoms with Crippen molar-refractivity contribution >= 4 is 5.52 Å². The van der Waals surface area contributed by atoms with Crippen LogP contribution in [0.4, 0.5) is 0 Å². The smallest absolute Gasteiger partial charge is 0.0995 e. The molecule has 0 bridgehead atoms. The lowest BCUT2D eigenvalue weighted by Gasteiger charge is -2.04. The molecule has 2 aromatic rings. The maximum absolute atomic E-state index is 9.12. The van der Waals surface area contributed by atoms with E-state index in [0.717, 1.165) is 5.52 Å². The molecule has 1 N–H and O–H groups in total. The fourth-order valence-corrected chi connectivity index (χ4v) is 1.34. The van der Waals surface area contributed by atoms with Crippen LogP contribution in [0.25, 0.3) is 5.52 Å². The minimum atomic E-state index is -0.0762. The largest absolute Gasteiger partial charge is 0.390 e. The Kier molecular flexibility index (Phi) is 1.76. The summed E-state index contributed by atoms with van der Waals surface area (Å²) in [5, 5.41) is 9.12. The monoisotopic (exact) mass is 172 g/mol. The van der Waals surface area contributed by atoms with Crippen molar-refractivity contribution in [3.63, 3.8) is 0 Å². The molecule has 2 aromatic heterocycles. The number of aliphatic hydroxyl groups is 1. The molecule has 2 heterocycles. The molecule has 0 saturated carbocycles. The Morgan fingerprint density at radius 1 is 1.54 bits per heavy atom. The first kappa shape index (κ1) is 7.84. The van der Waals surface area contributed by atoms with Crippen molar-refractivity contribution in [2.24, 2.45) is 0 Å². The van der Waals surface area contributed by atoms with Crippen LogP contribution in [-0.4, -0.2) is 14.5 Å². The molecule has 0 spiro atoms. The van der Waals surface area contributed by atoms with Gasteiger partial charge in [-0.1, -0.05) is 5.92 Å². The minimum absolute atomic E-state index is 0.0762. The summed E-state index contributed by atoms with van der Waals surface area (Å²) >= 11 is 0. The van der Waals surface area contributed by atoms with E-state index in [0.29, 0.717) is 11.3 Å². The van der Waals surface area contributed by atoms with Gasteiger partial charge in [-0.2, -0.15) is 0 Å². The third-order valence-electron chi connectivity index (χ3n) is 1.99. The number of fused-ring (bicyclic) bond motifs is 1. The average molecular weight is 172 g/mol. The minimum Gasteiger partial charge on any atom is -0.390 e. The van der Waals surface area contributed by atoms with E-state index in [9.17, 15) is 0 Å². The Morgan fingerprint density at radius 3 is 3.08 bits per heavy atom. The van der Waals surface area contributed by atoms with Gasteiger partial charge in [-0.3, -0.25) is 4.40 Å². The van der Waals surface area contributed by atoms with Crippen molar-refractivity contribution in [3.05, 3.63) is 35.9 Å². The Labute approximate surface area is 75.7 Å². The molecule has 0 aliphatic carbocycles. The third kappa shape index (κ3) is 1.08. The van der Waals surface area contributed by atoms with Gasteiger partial charge >= 0.3 is 0 Å². The lowest BCUT2D eigenvalue weighted by atomic mass is 10.2. The van der Waals surface area contributed by atoms with E-state index in [4.69, 9.17) is 11.5 Å². The standard InChI is InChI=1S/C10H8N2O/c1-2-8-3-4-9-5-11-7-12(9)10(8)6-13/h1,3-5,7,13H,6H2.